The number of hydrogen-bond acceptors (Lipinski definition) is 5. The minimum absolute atomic E-state index is 0.0941. The Balaban J connectivity index is 2.56. The molecule has 1 heterocycles. The topological polar surface area (TPSA) is 112 Å². The second-order valence-corrected chi connectivity index (χ2v) is 9.92. The number of nitrogens with zero attached hydrogens (tertiary/aromatic N) is 1. The van der Waals surface area contributed by atoms with E-state index in [1.54, 1.807) is 12.1 Å². The Morgan fingerprint density at radius 3 is 2.15 bits per heavy atom. The number of likely N-dealkylation sites (N-methyl/N-ethyl adjacent to an activating group) is 1. The van der Waals surface area contributed by atoms with Gasteiger partial charge in [0.25, 0.3) is 20.2 Å². The van der Waals surface area contributed by atoms with Crippen molar-refractivity contribution in [2.75, 3.05) is 11.4 Å². The Bertz CT molecular complexity index is 1120. The van der Waals surface area contributed by atoms with Crippen LogP contribution in [0.2, 0.25) is 0 Å². The van der Waals surface area contributed by atoms with Gasteiger partial charge in [-0.2, -0.15) is 16.8 Å². The number of benzene rings is 2. The summed E-state index contributed by atoms with van der Waals surface area (Å²) in [5.41, 5.74) is 1.27. The van der Waals surface area contributed by atoms with Crippen molar-refractivity contribution < 1.29 is 25.9 Å². The molecule has 0 saturated carbocycles. The Labute approximate surface area is 153 Å². The summed E-state index contributed by atoms with van der Waals surface area (Å²) in [5, 5.41) is 0.606. The molecule has 7 nitrogen and oxygen atoms in total. The Morgan fingerprint density at radius 2 is 1.65 bits per heavy atom. The van der Waals surface area contributed by atoms with Crippen molar-refractivity contribution in [1.82, 2.24) is 0 Å². The first-order valence-electron chi connectivity index (χ1n) is 8.13. The van der Waals surface area contributed by atoms with Gasteiger partial charge in [-0.1, -0.05) is 19.9 Å². The third-order valence-electron chi connectivity index (χ3n) is 5.43. The van der Waals surface area contributed by atoms with Crippen LogP contribution in [0.4, 0.5) is 5.69 Å². The van der Waals surface area contributed by atoms with E-state index >= 15 is 0 Å². The first kappa shape index (κ1) is 19.1. The normalized spacial score (nSPS) is 19.8. The van der Waals surface area contributed by atoms with Gasteiger partial charge < -0.3 is 4.90 Å². The SMILES string of the molecule is CCN1c2ccc3c(S(=O)(=O)O)cc(S(=O)(=O)O)cc3c2C(C)(C)C1C. The molecule has 2 N–H and O–H groups in total. The summed E-state index contributed by atoms with van der Waals surface area (Å²) in [5.74, 6) is 0. The summed E-state index contributed by atoms with van der Waals surface area (Å²) in [6.45, 7) is 8.78. The average molecular weight is 399 g/mol. The highest BCUT2D eigenvalue weighted by atomic mass is 32.2. The van der Waals surface area contributed by atoms with Crippen LogP contribution in [0.15, 0.2) is 34.1 Å². The molecule has 1 atom stereocenters. The highest BCUT2D eigenvalue weighted by Crippen LogP contribution is 2.49. The van der Waals surface area contributed by atoms with E-state index in [1.165, 1.54) is 6.07 Å². The monoisotopic (exact) mass is 399 g/mol. The van der Waals surface area contributed by atoms with Gasteiger partial charge >= 0.3 is 0 Å². The fourth-order valence-electron chi connectivity index (χ4n) is 3.89. The molecule has 142 valence electrons. The maximum Gasteiger partial charge on any atom is 0.295 e. The van der Waals surface area contributed by atoms with Gasteiger partial charge in [0, 0.05) is 29.1 Å². The van der Waals surface area contributed by atoms with Gasteiger partial charge in [-0.3, -0.25) is 9.11 Å². The molecule has 0 radical (unpaired) electrons. The van der Waals surface area contributed by atoms with Gasteiger partial charge in [-0.05, 0) is 43.0 Å². The van der Waals surface area contributed by atoms with Crippen LogP contribution in [0.25, 0.3) is 10.8 Å². The molecule has 1 unspecified atom stereocenters. The zero-order valence-electron chi connectivity index (χ0n) is 14.9. The maximum absolute atomic E-state index is 11.8. The fourth-order valence-corrected chi connectivity index (χ4v) is 5.23. The lowest BCUT2D eigenvalue weighted by Gasteiger charge is -2.30. The molecule has 9 heteroatoms. The molecule has 0 bridgehead atoms. The van der Waals surface area contributed by atoms with Gasteiger partial charge in [-0.25, -0.2) is 0 Å². The molecule has 2 aromatic carbocycles. The molecule has 0 aromatic heterocycles. The Kier molecular flexibility index (Phi) is 4.15. The number of rotatable bonds is 3. The molecule has 26 heavy (non-hydrogen) atoms. The van der Waals surface area contributed by atoms with Crippen molar-refractivity contribution in [3.05, 3.63) is 29.8 Å². The molecule has 0 fully saturated rings. The lowest BCUT2D eigenvalue weighted by molar-refractivity contribution is 0.447. The van der Waals surface area contributed by atoms with E-state index in [2.05, 4.69) is 4.90 Å². The summed E-state index contributed by atoms with van der Waals surface area (Å²) in [6.07, 6.45) is 0. The molecular weight excluding hydrogens is 378 g/mol. The van der Waals surface area contributed by atoms with Crippen LogP contribution in [-0.4, -0.2) is 38.5 Å². The van der Waals surface area contributed by atoms with E-state index in [0.29, 0.717) is 5.39 Å². The minimum Gasteiger partial charge on any atom is -0.368 e. The zero-order valence-corrected chi connectivity index (χ0v) is 16.5. The predicted molar refractivity (Wildman–Crippen MR) is 99.1 cm³/mol. The van der Waals surface area contributed by atoms with Crippen LogP contribution >= 0.6 is 0 Å². The standard InChI is InChI=1S/C17H21NO6S2/c1-5-18-10(2)17(3,4)16-13-8-11(25(19,20)21)9-15(26(22,23)24)12(13)6-7-14(16)18/h6-10H,5H2,1-4H3,(H,19,20,21)(H,22,23,24). The van der Waals surface area contributed by atoms with E-state index in [4.69, 9.17) is 0 Å². The van der Waals surface area contributed by atoms with Crippen LogP contribution in [0.5, 0.6) is 0 Å². The second kappa shape index (κ2) is 5.66. The van der Waals surface area contributed by atoms with Gasteiger partial charge in [0.15, 0.2) is 0 Å². The first-order chi connectivity index (χ1) is 11.8. The summed E-state index contributed by atoms with van der Waals surface area (Å²) >= 11 is 0. The summed E-state index contributed by atoms with van der Waals surface area (Å²) in [7, 11) is -9.34. The van der Waals surface area contributed by atoms with E-state index in [0.717, 1.165) is 23.9 Å². The minimum atomic E-state index is -4.69. The molecule has 1 aliphatic heterocycles. The second-order valence-electron chi connectivity index (χ2n) is 7.11. The first-order valence-corrected chi connectivity index (χ1v) is 11.0. The summed E-state index contributed by atoms with van der Waals surface area (Å²) in [6, 6.07) is 5.49. The largest absolute Gasteiger partial charge is 0.368 e. The highest BCUT2D eigenvalue weighted by Gasteiger charge is 2.43. The molecular formula is C17H21NO6S2. The van der Waals surface area contributed by atoms with Gasteiger partial charge in [-0.15, -0.1) is 0 Å². The molecule has 0 saturated heterocycles. The quantitative estimate of drug-likeness (QED) is 0.763. The smallest absolute Gasteiger partial charge is 0.295 e. The third-order valence-corrected chi connectivity index (χ3v) is 7.16. The van der Waals surface area contributed by atoms with Crippen LogP contribution in [0.3, 0.4) is 0 Å². The number of hydrogen-bond donors (Lipinski definition) is 2. The van der Waals surface area contributed by atoms with Crippen molar-refractivity contribution in [2.24, 2.45) is 0 Å². The summed E-state index contributed by atoms with van der Waals surface area (Å²) in [4.78, 5) is 1.05. The summed E-state index contributed by atoms with van der Waals surface area (Å²) < 4.78 is 66.1. The van der Waals surface area contributed by atoms with Crippen molar-refractivity contribution >= 4 is 36.7 Å². The van der Waals surface area contributed by atoms with Crippen LogP contribution in [0, 0.1) is 0 Å². The van der Waals surface area contributed by atoms with Crippen molar-refractivity contribution in [3.8, 4) is 0 Å². The van der Waals surface area contributed by atoms with E-state index < -0.39 is 35.4 Å². The van der Waals surface area contributed by atoms with Gasteiger partial charge in [0.05, 0.1) is 4.90 Å². The molecule has 2 aromatic rings. The van der Waals surface area contributed by atoms with Crippen molar-refractivity contribution in [2.45, 2.75) is 48.9 Å². The average Bonchev–Trinajstić information content (AvgIpc) is 2.71. The maximum atomic E-state index is 11.8. The molecule has 3 rings (SSSR count). The van der Waals surface area contributed by atoms with Crippen LogP contribution < -0.4 is 4.90 Å². The number of fused-ring (bicyclic) bond motifs is 3. The molecule has 1 aliphatic rings. The molecule has 0 spiro atoms. The third kappa shape index (κ3) is 2.70. The lowest BCUT2D eigenvalue weighted by atomic mass is 9.79. The fraction of sp³-hybridized carbons (Fsp3) is 0.412. The van der Waals surface area contributed by atoms with Crippen molar-refractivity contribution in [3.63, 3.8) is 0 Å². The van der Waals surface area contributed by atoms with Gasteiger partial charge in [0.1, 0.15) is 4.90 Å². The zero-order chi connectivity index (χ0) is 19.7. The highest BCUT2D eigenvalue weighted by molar-refractivity contribution is 7.86. The Hall–Kier alpha value is -1.68. The van der Waals surface area contributed by atoms with Crippen molar-refractivity contribution in [1.29, 1.82) is 0 Å². The van der Waals surface area contributed by atoms with E-state index in [1.807, 2.05) is 27.7 Å². The lowest BCUT2D eigenvalue weighted by Crippen LogP contribution is -2.38. The van der Waals surface area contributed by atoms with Gasteiger partial charge in [0.2, 0.25) is 0 Å². The molecule has 0 aliphatic carbocycles. The van der Waals surface area contributed by atoms with E-state index in [-0.39, 0.29) is 11.4 Å². The Morgan fingerprint density at radius 1 is 1.04 bits per heavy atom. The van der Waals surface area contributed by atoms with Crippen LogP contribution in [0.1, 0.15) is 33.3 Å². The predicted octanol–water partition coefficient (Wildman–Crippen LogP) is 2.84. The van der Waals surface area contributed by atoms with Crippen LogP contribution in [-0.2, 0) is 25.7 Å². The van der Waals surface area contributed by atoms with E-state index in [9.17, 15) is 25.9 Å². The molecule has 0 amide bonds. The number of anilines is 1.